The van der Waals surface area contributed by atoms with Crippen molar-refractivity contribution in [2.45, 2.75) is 19.6 Å². The molecule has 1 N–H and O–H groups in total. The molecule has 5 nitrogen and oxygen atoms in total. The molecule has 0 atom stereocenters. The molecule has 0 spiro atoms. The van der Waals surface area contributed by atoms with E-state index in [1.54, 1.807) is 12.1 Å². The van der Waals surface area contributed by atoms with Crippen LogP contribution in [0, 0.1) is 6.92 Å². The predicted molar refractivity (Wildman–Crippen MR) is 73.6 cm³/mol. The second-order valence-electron chi connectivity index (χ2n) is 4.69. The summed E-state index contributed by atoms with van der Waals surface area (Å²) in [6.45, 7) is 0.478. The summed E-state index contributed by atoms with van der Waals surface area (Å²) in [7, 11) is 0. The smallest absolute Gasteiger partial charge is 0.408 e. The molecule has 0 unspecified atom stereocenters. The van der Waals surface area contributed by atoms with E-state index >= 15 is 0 Å². The van der Waals surface area contributed by atoms with Crippen LogP contribution in [0.5, 0.6) is 5.75 Å². The summed E-state index contributed by atoms with van der Waals surface area (Å²) in [5.41, 5.74) is 1.25. The van der Waals surface area contributed by atoms with Crippen LogP contribution in [0.3, 0.4) is 0 Å². The molecule has 0 radical (unpaired) electrons. The van der Waals surface area contributed by atoms with Crippen molar-refractivity contribution >= 4 is 11.6 Å². The molecule has 0 aliphatic heterocycles. The maximum Gasteiger partial charge on any atom is 0.408 e. The highest BCUT2D eigenvalue weighted by atomic mass is 19.4. The van der Waals surface area contributed by atoms with Gasteiger partial charge in [0.1, 0.15) is 12.3 Å². The number of carbonyl (C=O) groups is 1. The lowest BCUT2D eigenvalue weighted by atomic mass is 10.2. The van der Waals surface area contributed by atoms with E-state index in [2.05, 4.69) is 10.4 Å². The third kappa shape index (κ3) is 5.12. The Kier molecular flexibility index (Phi) is 4.69. The molecule has 0 aliphatic carbocycles. The van der Waals surface area contributed by atoms with Gasteiger partial charge in [0.25, 0.3) is 5.91 Å². The summed E-state index contributed by atoms with van der Waals surface area (Å²) in [5, 5.41) is 5.94. The first-order chi connectivity index (χ1) is 10.3. The number of alkyl halides is 3. The van der Waals surface area contributed by atoms with Gasteiger partial charge in [-0.2, -0.15) is 18.3 Å². The molecule has 118 valence electrons. The number of hydrogen-bond acceptors (Lipinski definition) is 3. The van der Waals surface area contributed by atoms with Crippen LogP contribution in [0.25, 0.3) is 0 Å². The highest BCUT2D eigenvalue weighted by molar-refractivity contribution is 5.91. The van der Waals surface area contributed by atoms with Crippen LogP contribution in [0.1, 0.15) is 5.56 Å². The predicted octanol–water partition coefficient (Wildman–Crippen LogP) is 2.77. The van der Waals surface area contributed by atoms with Crippen LogP contribution in [0.15, 0.2) is 36.7 Å². The number of anilines is 1. The van der Waals surface area contributed by atoms with Crippen LogP contribution < -0.4 is 10.1 Å². The first-order valence-corrected chi connectivity index (χ1v) is 6.40. The van der Waals surface area contributed by atoms with Crippen molar-refractivity contribution in [3.8, 4) is 5.75 Å². The van der Waals surface area contributed by atoms with Gasteiger partial charge in [-0.15, -0.1) is 0 Å². The van der Waals surface area contributed by atoms with Crippen molar-refractivity contribution in [3.63, 3.8) is 0 Å². The highest BCUT2D eigenvalue weighted by Crippen LogP contribution is 2.18. The minimum atomic E-state index is -4.36. The maximum atomic E-state index is 12.2. The van der Waals surface area contributed by atoms with Crippen molar-refractivity contribution in [2.24, 2.45) is 0 Å². The number of nitrogens with zero attached hydrogens (tertiary/aromatic N) is 2. The lowest BCUT2D eigenvalue weighted by molar-refractivity contribution is -0.142. The van der Waals surface area contributed by atoms with Crippen molar-refractivity contribution in [3.05, 3.63) is 42.2 Å². The summed E-state index contributed by atoms with van der Waals surface area (Å²) in [5.74, 6) is 0.0562. The molecule has 0 saturated carbocycles. The highest BCUT2D eigenvalue weighted by Gasteiger charge is 2.28. The summed E-state index contributed by atoms with van der Waals surface area (Å²) in [6.07, 6.45) is -2.10. The standard InChI is InChI=1S/C14H14F3N3O2/c1-10-2-4-12(5-3-10)22-8-13(21)19-11-6-18-20(7-11)9-14(15,16)17/h2-7H,8-9H2,1H3,(H,19,21). The Morgan fingerprint density at radius 3 is 2.64 bits per heavy atom. The average Bonchev–Trinajstić information content (AvgIpc) is 2.83. The van der Waals surface area contributed by atoms with Crippen molar-refractivity contribution < 1.29 is 22.7 Å². The number of aromatic nitrogens is 2. The molecule has 8 heteroatoms. The summed E-state index contributed by atoms with van der Waals surface area (Å²) >= 11 is 0. The zero-order valence-electron chi connectivity index (χ0n) is 11.7. The number of amides is 1. The molecule has 2 rings (SSSR count). The van der Waals surface area contributed by atoms with Crippen LogP contribution in [0.2, 0.25) is 0 Å². The lowest BCUT2D eigenvalue weighted by Gasteiger charge is -2.07. The third-order valence-electron chi connectivity index (χ3n) is 2.65. The van der Waals surface area contributed by atoms with Crippen LogP contribution in [0.4, 0.5) is 18.9 Å². The fraction of sp³-hybridized carbons (Fsp3) is 0.286. The Morgan fingerprint density at radius 2 is 2.00 bits per heavy atom. The topological polar surface area (TPSA) is 56.1 Å². The van der Waals surface area contributed by atoms with Gasteiger partial charge in [0.15, 0.2) is 6.61 Å². The van der Waals surface area contributed by atoms with Gasteiger partial charge in [0.2, 0.25) is 0 Å². The zero-order chi connectivity index (χ0) is 16.2. The van der Waals surface area contributed by atoms with Gasteiger partial charge in [0, 0.05) is 6.20 Å². The number of nitrogens with one attached hydrogen (secondary N) is 1. The number of ether oxygens (including phenoxy) is 1. The molecule has 1 aromatic heterocycles. The second-order valence-corrected chi connectivity index (χ2v) is 4.69. The number of rotatable bonds is 5. The summed E-state index contributed by atoms with van der Waals surface area (Å²) < 4.78 is 42.5. The molecule has 1 amide bonds. The SMILES string of the molecule is Cc1ccc(OCC(=O)Nc2cnn(CC(F)(F)F)c2)cc1. The normalized spacial score (nSPS) is 11.3. The Bertz CT molecular complexity index is 636. The first-order valence-electron chi connectivity index (χ1n) is 6.40. The zero-order valence-corrected chi connectivity index (χ0v) is 11.7. The number of hydrogen-bond donors (Lipinski definition) is 1. The van der Waals surface area contributed by atoms with E-state index in [0.717, 1.165) is 18.0 Å². The van der Waals surface area contributed by atoms with E-state index in [9.17, 15) is 18.0 Å². The van der Waals surface area contributed by atoms with Gasteiger partial charge < -0.3 is 10.1 Å². The Balaban J connectivity index is 1.83. The summed E-state index contributed by atoms with van der Waals surface area (Å²) in [4.78, 5) is 11.7. The van der Waals surface area contributed by atoms with Gasteiger partial charge in [-0.1, -0.05) is 17.7 Å². The second kappa shape index (κ2) is 6.50. The molecule has 0 saturated heterocycles. The molecule has 0 aliphatic rings. The quantitative estimate of drug-likeness (QED) is 0.923. The number of carbonyl (C=O) groups excluding carboxylic acids is 1. The van der Waals surface area contributed by atoms with E-state index in [-0.39, 0.29) is 12.3 Å². The Hall–Kier alpha value is -2.51. The van der Waals surface area contributed by atoms with E-state index in [4.69, 9.17) is 4.74 Å². The molecule has 22 heavy (non-hydrogen) atoms. The largest absolute Gasteiger partial charge is 0.484 e. The van der Waals surface area contributed by atoms with Crippen molar-refractivity contribution in [1.29, 1.82) is 0 Å². The maximum absolute atomic E-state index is 12.2. The van der Waals surface area contributed by atoms with E-state index in [1.807, 2.05) is 19.1 Å². The number of aryl methyl sites for hydroxylation is 1. The van der Waals surface area contributed by atoms with Crippen LogP contribution >= 0.6 is 0 Å². The Labute approximate surface area is 124 Å². The van der Waals surface area contributed by atoms with Gasteiger partial charge in [-0.25, -0.2) is 0 Å². The minimum Gasteiger partial charge on any atom is -0.484 e. The fourth-order valence-electron chi connectivity index (χ4n) is 1.68. The fourth-order valence-corrected chi connectivity index (χ4v) is 1.68. The molecular formula is C14H14F3N3O2. The molecular weight excluding hydrogens is 299 g/mol. The van der Waals surface area contributed by atoms with E-state index in [0.29, 0.717) is 10.4 Å². The van der Waals surface area contributed by atoms with Gasteiger partial charge >= 0.3 is 6.18 Å². The molecule has 0 bridgehead atoms. The van der Waals surface area contributed by atoms with E-state index < -0.39 is 18.6 Å². The van der Waals surface area contributed by atoms with Gasteiger partial charge in [-0.05, 0) is 19.1 Å². The van der Waals surface area contributed by atoms with Crippen LogP contribution in [-0.4, -0.2) is 28.5 Å². The minimum absolute atomic E-state index is 0.182. The monoisotopic (exact) mass is 313 g/mol. The molecule has 1 aromatic carbocycles. The van der Waals surface area contributed by atoms with Crippen molar-refractivity contribution in [1.82, 2.24) is 9.78 Å². The number of halogens is 3. The lowest BCUT2D eigenvalue weighted by Crippen LogP contribution is -2.20. The Morgan fingerprint density at radius 1 is 1.32 bits per heavy atom. The van der Waals surface area contributed by atoms with Crippen molar-refractivity contribution in [2.75, 3.05) is 11.9 Å². The van der Waals surface area contributed by atoms with Gasteiger partial charge in [0.05, 0.1) is 11.9 Å². The average molecular weight is 313 g/mol. The molecule has 0 fully saturated rings. The third-order valence-corrected chi connectivity index (χ3v) is 2.65. The number of benzene rings is 1. The van der Waals surface area contributed by atoms with Crippen LogP contribution in [-0.2, 0) is 11.3 Å². The van der Waals surface area contributed by atoms with Gasteiger partial charge in [-0.3, -0.25) is 9.48 Å². The first kappa shape index (κ1) is 15.9. The molecule has 1 heterocycles. The molecule has 2 aromatic rings. The summed E-state index contributed by atoms with van der Waals surface area (Å²) in [6, 6.07) is 7.14. The van der Waals surface area contributed by atoms with E-state index in [1.165, 1.54) is 0 Å².